The molecule has 4 heterocycles. The van der Waals surface area contributed by atoms with Crippen LogP contribution in [0.4, 0.5) is 10.7 Å². The van der Waals surface area contributed by atoms with Crippen LogP contribution in [0.5, 0.6) is 0 Å². The third-order valence-electron chi connectivity index (χ3n) is 8.88. The lowest BCUT2D eigenvalue weighted by Crippen LogP contribution is -2.55. The topological polar surface area (TPSA) is 115 Å². The van der Waals surface area contributed by atoms with Crippen LogP contribution < -0.4 is 15.5 Å². The number of piperidine rings is 2. The van der Waals surface area contributed by atoms with Gasteiger partial charge in [-0.1, -0.05) is 53.8 Å². The van der Waals surface area contributed by atoms with E-state index in [0.29, 0.717) is 36.6 Å². The summed E-state index contributed by atoms with van der Waals surface area (Å²) in [5.41, 5.74) is 3.21. The first-order chi connectivity index (χ1) is 20.9. The van der Waals surface area contributed by atoms with Gasteiger partial charge in [-0.25, -0.2) is 4.98 Å². The van der Waals surface area contributed by atoms with Gasteiger partial charge in [0.1, 0.15) is 16.2 Å². The molecule has 7 rings (SSSR count). The van der Waals surface area contributed by atoms with E-state index >= 15 is 0 Å². The Bertz CT molecular complexity index is 1710. The van der Waals surface area contributed by atoms with Crippen LogP contribution >= 0.6 is 11.3 Å². The molecule has 3 aliphatic rings. The van der Waals surface area contributed by atoms with E-state index in [1.54, 1.807) is 28.4 Å². The Kier molecular flexibility index (Phi) is 7.32. The first-order valence-electron chi connectivity index (χ1n) is 14.8. The van der Waals surface area contributed by atoms with Crippen LogP contribution in [-0.2, 0) is 16.1 Å². The van der Waals surface area contributed by atoms with E-state index in [2.05, 4.69) is 58.0 Å². The van der Waals surface area contributed by atoms with Crippen molar-refractivity contribution in [2.75, 3.05) is 23.3 Å². The van der Waals surface area contributed by atoms with Gasteiger partial charge >= 0.3 is 0 Å². The highest BCUT2D eigenvalue weighted by atomic mass is 32.1. The number of aliphatic hydroxyl groups excluding tert-OH is 1. The molecular weight excluding hydrogens is 562 g/mol. The minimum absolute atomic E-state index is 0.0268. The van der Waals surface area contributed by atoms with Crippen molar-refractivity contribution in [3.8, 4) is 10.6 Å². The number of hydrogen-bond donors (Lipinski definition) is 3. The summed E-state index contributed by atoms with van der Waals surface area (Å²) in [4.78, 5) is 46.3. The van der Waals surface area contributed by atoms with Crippen molar-refractivity contribution < 1.29 is 19.5 Å². The Morgan fingerprint density at radius 2 is 1.84 bits per heavy atom. The van der Waals surface area contributed by atoms with Crippen LogP contribution in [0.15, 0.2) is 66.9 Å². The molecule has 43 heavy (non-hydrogen) atoms. The number of nitrogens with zero attached hydrogens (tertiary/aromatic N) is 3. The zero-order valence-corrected chi connectivity index (χ0v) is 24.5. The number of thiazole rings is 1. The lowest BCUT2D eigenvalue weighted by atomic mass is 9.93. The summed E-state index contributed by atoms with van der Waals surface area (Å²) >= 11 is 1.72. The number of amides is 3. The van der Waals surface area contributed by atoms with Crippen LogP contribution in [0.1, 0.15) is 48.0 Å². The van der Waals surface area contributed by atoms with Gasteiger partial charge < -0.3 is 25.5 Å². The van der Waals surface area contributed by atoms with Gasteiger partial charge in [0.15, 0.2) is 0 Å². The van der Waals surface area contributed by atoms with Crippen LogP contribution in [0.2, 0.25) is 0 Å². The molecule has 1 aromatic heterocycles. The van der Waals surface area contributed by atoms with Crippen molar-refractivity contribution in [1.82, 2.24) is 15.2 Å². The van der Waals surface area contributed by atoms with Crippen molar-refractivity contribution >= 4 is 50.5 Å². The van der Waals surface area contributed by atoms with Crippen molar-refractivity contribution in [2.45, 2.75) is 50.9 Å². The molecule has 0 saturated carbocycles. The maximum absolute atomic E-state index is 13.0. The summed E-state index contributed by atoms with van der Waals surface area (Å²) in [5, 5.41) is 20.4. The predicted octanol–water partition coefficient (Wildman–Crippen LogP) is 4.76. The molecule has 3 amide bonds. The Morgan fingerprint density at radius 3 is 2.67 bits per heavy atom. The molecular formula is C33H33N5O4S. The van der Waals surface area contributed by atoms with E-state index < -0.39 is 12.3 Å². The highest BCUT2D eigenvalue weighted by Gasteiger charge is 2.39. The molecule has 10 heteroatoms. The van der Waals surface area contributed by atoms with Gasteiger partial charge in [-0.15, -0.1) is 0 Å². The van der Waals surface area contributed by atoms with Crippen molar-refractivity contribution in [3.05, 3.63) is 78.0 Å². The van der Waals surface area contributed by atoms with Gasteiger partial charge in [-0.3, -0.25) is 14.4 Å². The van der Waals surface area contributed by atoms with Gasteiger partial charge in [0.25, 0.3) is 5.91 Å². The number of aliphatic hydroxyl groups is 1. The van der Waals surface area contributed by atoms with Crippen LogP contribution in [0.3, 0.4) is 0 Å². The summed E-state index contributed by atoms with van der Waals surface area (Å²) in [7, 11) is 0. The van der Waals surface area contributed by atoms with Crippen molar-refractivity contribution in [2.24, 2.45) is 5.92 Å². The molecule has 3 aromatic carbocycles. The van der Waals surface area contributed by atoms with Gasteiger partial charge in [0.05, 0.1) is 12.2 Å². The van der Waals surface area contributed by atoms with E-state index in [1.807, 2.05) is 12.3 Å². The maximum atomic E-state index is 13.0. The summed E-state index contributed by atoms with van der Waals surface area (Å²) in [6.07, 6.45) is 3.91. The van der Waals surface area contributed by atoms with E-state index in [4.69, 9.17) is 4.98 Å². The molecule has 4 aromatic rings. The Hall–Kier alpha value is -4.28. The zero-order chi connectivity index (χ0) is 29.5. The minimum atomic E-state index is -1.08. The van der Waals surface area contributed by atoms with Crippen LogP contribution in [0, 0.1) is 5.92 Å². The third kappa shape index (κ3) is 5.48. The lowest BCUT2D eigenvalue weighted by molar-refractivity contribution is -0.129. The molecule has 0 aliphatic carbocycles. The number of hydrogen-bond acceptors (Lipinski definition) is 7. The first-order valence-corrected chi connectivity index (χ1v) is 15.6. The van der Waals surface area contributed by atoms with E-state index in [9.17, 15) is 19.5 Å². The highest BCUT2D eigenvalue weighted by molar-refractivity contribution is 7.19. The quantitative estimate of drug-likeness (QED) is 0.296. The van der Waals surface area contributed by atoms with Crippen LogP contribution in [-0.4, -0.2) is 58.1 Å². The fraction of sp³-hybridized carbons (Fsp3) is 0.333. The number of aromatic nitrogens is 1. The molecule has 9 nitrogen and oxygen atoms in total. The van der Waals surface area contributed by atoms with Crippen molar-refractivity contribution in [3.63, 3.8) is 0 Å². The molecule has 2 atom stereocenters. The number of anilines is 2. The van der Waals surface area contributed by atoms with Gasteiger partial charge in [0, 0.05) is 49.3 Å². The SMILES string of the molecule is O=C(CC1CCN(c2cnc(-c3cccc4ccccc34)s2)CC1)Nc1ccc2c(c1)CN(C1CCC(=O)NC1O)C2=O. The lowest BCUT2D eigenvalue weighted by Gasteiger charge is -2.35. The second-order valence-corrected chi connectivity index (χ2v) is 12.6. The van der Waals surface area contributed by atoms with Crippen molar-refractivity contribution in [1.29, 1.82) is 0 Å². The van der Waals surface area contributed by atoms with Gasteiger partial charge in [-0.05, 0) is 59.7 Å². The fourth-order valence-electron chi connectivity index (χ4n) is 6.57. The second kappa shape index (κ2) is 11.4. The maximum Gasteiger partial charge on any atom is 0.254 e. The van der Waals surface area contributed by atoms with Crippen LogP contribution in [0.25, 0.3) is 21.3 Å². The fourth-order valence-corrected chi connectivity index (χ4v) is 7.57. The summed E-state index contributed by atoms with van der Waals surface area (Å²) in [5.74, 6) is -0.0969. The molecule has 0 radical (unpaired) electrons. The Morgan fingerprint density at radius 1 is 1.02 bits per heavy atom. The van der Waals surface area contributed by atoms with E-state index in [1.165, 1.54) is 10.8 Å². The molecule has 2 fully saturated rings. The predicted molar refractivity (Wildman–Crippen MR) is 167 cm³/mol. The summed E-state index contributed by atoms with van der Waals surface area (Å²) in [6.45, 7) is 2.12. The number of fused-ring (bicyclic) bond motifs is 2. The minimum Gasteiger partial charge on any atom is -0.372 e. The Labute approximate surface area is 253 Å². The average Bonchev–Trinajstić information content (AvgIpc) is 3.62. The number of rotatable bonds is 6. The molecule has 2 unspecified atom stereocenters. The van der Waals surface area contributed by atoms with E-state index in [0.717, 1.165) is 47.1 Å². The summed E-state index contributed by atoms with van der Waals surface area (Å²) in [6, 6.07) is 19.6. The number of carbonyl (C=O) groups excluding carboxylic acids is 3. The van der Waals surface area contributed by atoms with Gasteiger partial charge in [-0.2, -0.15) is 0 Å². The first kappa shape index (κ1) is 27.5. The standard InChI is InChI=1S/C33H33N5O4S/c39-28-11-10-27(31(41)36-28)38-19-22-17-23(8-9-25(22)33(38)42)35-29(40)16-20-12-14-37(15-13-20)30-18-34-32(43-30)26-7-3-5-21-4-1-2-6-24(21)26/h1-9,17-18,20,27,31,41H,10-16,19H2,(H,35,40)(H,36,39). The number of nitrogens with one attached hydrogen (secondary N) is 2. The number of carbonyl (C=O) groups is 3. The molecule has 2 saturated heterocycles. The second-order valence-electron chi connectivity index (χ2n) is 11.6. The third-order valence-corrected chi connectivity index (χ3v) is 9.97. The van der Waals surface area contributed by atoms with Gasteiger partial charge in [0.2, 0.25) is 11.8 Å². The van der Waals surface area contributed by atoms with E-state index in [-0.39, 0.29) is 24.1 Å². The zero-order valence-electron chi connectivity index (χ0n) is 23.7. The normalized spacial score (nSPS) is 20.8. The summed E-state index contributed by atoms with van der Waals surface area (Å²) < 4.78 is 0. The number of benzene rings is 3. The Balaban J connectivity index is 0.931. The molecule has 3 aliphatic heterocycles. The molecule has 0 spiro atoms. The molecule has 220 valence electrons. The molecule has 3 N–H and O–H groups in total. The molecule has 0 bridgehead atoms. The smallest absolute Gasteiger partial charge is 0.254 e. The average molecular weight is 596 g/mol. The largest absolute Gasteiger partial charge is 0.372 e. The highest BCUT2D eigenvalue weighted by Crippen LogP contribution is 2.37. The monoisotopic (exact) mass is 595 g/mol.